The van der Waals surface area contributed by atoms with Crippen molar-refractivity contribution in [3.63, 3.8) is 0 Å². The van der Waals surface area contributed by atoms with Crippen molar-refractivity contribution in [3.8, 4) is 0 Å². The zero-order valence-corrected chi connectivity index (χ0v) is 25.1. The molecule has 7 heteroatoms. The number of fused-ring (bicyclic) bond motifs is 1. The maximum absolute atomic E-state index is 13.5. The van der Waals surface area contributed by atoms with Gasteiger partial charge in [-0.05, 0) is 57.3 Å². The fraction of sp³-hybridized carbons (Fsp3) is 0.132. The van der Waals surface area contributed by atoms with Gasteiger partial charge in [0.2, 0.25) is 5.91 Å². The SMILES string of the molecule is COC(=O)c1ccc([C@H](NC(=O)OCc2ccccc2)/C(=C\[C@@H](C)C(=O)Nc2ccc3ccccc3c2)c2ccccc2)cc1. The van der Waals surface area contributed by atoms with Crippen molar-refractivity contribution in [1.82, 2.24) is 5.32 Å². The second kappa shape index (κ2) is 14.7. The van der Waals surface area contributed by atoms with Crippen molar-refractivity contribution in [3.05, 3.63) is 156 Å². The summed E-state index contributed by atoms with van der Waals surface area (Å²) in [7, 11) is 1.32. The molecule has 0 aliphatic heterocycles. The summed E-state index contributed by atoms with van der Waals surface area (Å²) >= 11 is 0. The number of nitrogens with one attached hydrogen (secondary N) is 2. The van der Waals surface area contributed by atoms with Crippen LogP contribution >= 0.6 is 0 Å². The lowest BCUT2D eigenvalue weighted by Gasteiger charge is -2.24. The molecule has 0 aromatic heterocycles. The molecule has 5 aromatic carbocycles. The van der Waals surface area contributed by atoms with Gasteiger partial charge in [-0.15, -0.1) is 0 Å². The minimum absolute atomic E-state index is 0.0929. The topological polar surface area (TPSA) is 93.7 Å². The molecule has 0 saturated carbocycles. The van der Waals surface area contributed by atoms with Crippen LogP contribution in [0, 0.1) is 5.92 Å². The molecule has 5 aromatic rings. The number of hydrogen-bond acceptors (Lipinski definition) is 5. The van der Waals surface area contributed by atoms with E-state index in [0.717, 1.165) is 21.9 Å². The third-order valence-corrected chi connectivity index (χ3v) is 7.42. The Morgan fingerprint density at radius 1 is 0.733 bits per heavy atom. The zero-order chi connectivity index (χ0) is 31.6. The predicted molar refractivity (Wildman–Crippen MR) is 176 cm³/mol. The molecule has 0 unspecified atom stereocenters. The van der Waals surface area contributed by atoms with Gasteiger partial charge < -0.3 is 20.1 Å². The lowest BCUT2D eigenvalue weighted by Crippen LogP contribution is -2.30. The molecule has 2 amide bonds. The van der Waals surface area contributed by atoms with Gasteiger partial charge in [-0.3, -0.25) is 4.79 Å². The van der Waals surface area contributed by atoms with Crippen LogP contribution in [0.3, 0.4) is 0 Å². The Labute approximate surface area is 262 Å². The number of benzene rings is 5. The first-order valence-corrected chi connectivity index (χ1v) is 14.6. The first kappa shape index (κ1) is 30.8. The second-order valence-electron chi connectivity index (χ2n) is 10.6. The Hall–Kier alpha value is -5.69. The van der Waals surface area contributed by atoms with Crippen LogP contribution in [0.25, 0.3) is 16.3 Å². The van der Waals surface area contributed by atoms with Crippen LogP contribution in [-0.4, -0.2) is 25.1 Å². The van der Waals surface area contributed by atoms with E-state index in [9.17, 15) is 14.4 Å². The molecule has 7 nitrogen and oxygen atoms in total. The molecule has 5 rings (SSSR count). The van der Waals surface area contributed by atoms with Crippen molar-refractivity contribution >= 4 is 40.0 Å². The molecule has 0 bridgehead atoms. The van der Waals surface area contributed by atoms with Crippen LogP contribution in [0.1, 0.15) is 40.0 Å². The highest BCUT2D eigenvalue weighted by molar-refractivity contribution is 5.97. The summed E-state index contributed by atoms with van der Waals surface area (Å²) in [6, 6.07) is 38.8. The number of rotatable bonds is 10. The molecule has 0 aliphatic carbocycles. The fourth-order valence-electron chi connectivity index (χ4n) is 5.01. The van der Waals surface area contributed by atoms with E-state index in [4.69, 9.17) is 9.47 Å². The molecule has 2 atom stereocenters. The van der Waals surface area contributed by atoms with Crippen molar-refractivity contribution in [1.29, 1.82) is 0 Å². The third-order valence-electron chi connectivity index (χ3n) is 7.42. The molecule has 0 aliphatic rings. The van der Waals surface area contributed by atoms with Crippen LogP contribution in [0.2, 0.25) is 0 Å². The lowest BCUT2D eigenvalue weighted by atomic mass is 9.89. The van der Waals surface area contributed by atoms with Gasteiger partial charge in [-0.25, -0.2) is 9.59 Å². The minimum Gasteiger partial charge on any atom is -0.465 e. The molecule has 45 heavy (non-hydrogen) atoms. The summed E-state index contributed by atoms with van der Waals surface area (Å²) in [5, 5.41) is 8.14. The van der Waals surface area contributed by atoms with Gasteiger partial charge >= 0.3 is 12.1 Å². The predicted octanol–water partition coefficient (Wildman–Crippen LogP) is 7.95. The largest absolute Gasteiger partial charge is 0.465 e. The summed E-state index contributed by atoms with van der Waals surface area (Å²) in [6.45, 7) is 1.90. The smallest absolute Gasteiger partial charge is 0.408 e. The summed E-state index contributed by atoms with van der Waals surface area (Å²) in [6.07, 6.45) is 1.22. The Morgan fingerprint density at radius 3 is 2.07 bits per heavy atom. The van der Waals surface area contributed by atoms with Gasteiger partial charge in [-0.2, -0.15) is 0 Å². The van der Waals surface area contributed by atoms with Crippen LogP contribution < -0.4 is 10.6 Å². The number of hydrogen-bond donors (Lipinski definition) is 2. The van der Waals surface area contributed by atoms with E-state index in [-0.39, 0.29) is 12.5 Å². The molecule has 0 heterocycles. The number of carbonyl (C=O) groups is 3. The average Bonchev–Trinajstić information content (AvgIpc) is 3.09. The first-order chi connectivity index (χ1) is 21.9. The van der Waals surface area contributed by atoms with Gasteiger partial charge in [0.15, 0.2) is 0 Å². The highest BCUT2D eigenvalue weighted by Crippen LogP contribution is 2.32. The molecule has 0 saturated heterocycles. The maximum atomic E-state index is 13.5. The number of methoxy groups -OCH3 is 1. The maximum Gasteiger partial charge on any atom is 0.408 e. The molecule has 2 N–H and O–H groups in total. The van der Waals surface area contributed by atoms with Crippen molar-refractivity contribution in [2.75, 3.05) is 12.4 Å². The van der Waals surface area contributed by atoms with Gasteiger partial charge in [0.05, 0.1) is 24.6 Å². The quantitative estimate of drug-likeness (QED) is 0.159. The van der Waals surface area contributed by atoms with E-state index >= 15 is 0 Å². The van der Waals surface area contributed by atoms with E-state index in [1.54, 1.807) is 24.3 Å². The monoisotopic (exact) mass is 598 g/mol. The van der Waals surface area contributed by atoms with Crippen LogP contribution in [0.5, 0.6) is 0 Å². The van der Waals surface area contributed by atoms with E-state index in [2.05, 4.69) is 10.6 Å². The molecule has 0 spiro atoms. The summed E-state index contributed by atoms with van der Waals surface area (Å²) in [4.78, 5) is 38.8. The van der Waals surface area contributed by atoms with E-state index in [1.807, 2.05) is 116 Å². The summed E-state index contributed by atoms with van der Waals surface area (Å²) < 4.78 is 10.4. The summed E-state index contributed by atoms with van der Waals surface area (Å²) in [5.74, 6) is -1.25. The molecular weight excluding hydrogens is 564 g/mol. The minimum atomic E-state index is -0.710. The number of esters is 1. The summed E-state index contributed by atoms with van der Waals surface area (Å²) in [5.41, 5.74) is 4.12. The molecular formula is C38H34N2O5. The Kier molecular flexibility index (Phi) is 10.0. The van der Waals surface area contributed by atoms with Crippen molar-refractivity contribution < 1.29 is 23.9 Å². The van der Waals surface area contributed by atoms with Crippen LogP contribution in [0.4, 0.5) is 10.5 Å². The normalized spacial score (nSPS) is 12.5. The Morgan fingerprint density at radius 2 is 1.38 bits per heavy atom. The highest BCUT2D eigenvalue weighted by atomic mass is 16.5. The van der Waals surface area contributed by atoms with Gasteiger partial charge in [-0.1, -0.05) is 116 Å². The van der Waals surface area contributed by atoms with Crippen LogP contribution in [0.15, 0.2) is 133 Å². The van der Waals surface area contributed by atoms with E-state index < -0.39 is 24.0 Å². The second-order valence-corrected chi connectivity index (χ2v) is 10.6. The highest BCUT2D eigenvalue weighted by Gasteiger charge is 2.24. The average molecular weight is 599 g/mol. The molecule has 226 valence electrons. The number of carbonyl (C=O) groups excluding carboxylic acids is 3. The van der Waals surface area contributed by atoms with Gasteiger partial charge in [0.25, 0.3) is 0 Å². The number of amides is 2. The number of alkyl carbamates (subject to hydrolysis) is 1. The fourth-order valence-corrected chi connectivity index (χ4v) is 5.01. The zero-order valence-electron chi connectivity index (χ0n) is 25.1. The third kappa shape index (κ3) is 8.03. The number of ether oxygens (including phenoxy) is 2. The van der Waals surface area contributed by atoms with E-state index in [1.165, 1.54) is 7.11 Å². The van der Waals surface area contributed by atoms with E-state index in [0.29, 0.717) is 22.4 Å². The van der Waals surface area contributed by atoms with Gasteiger partial charge in [0, 0.05) is 5.69 Å². The Bertz CT molecular complexity index is 1800. The lowest BCUT2D eigenvalue weighted by molar-refractivity contribution is -0.118. The van der Waals surface area contributed by atoms with Gasteiger partial charge in [0.1, 0.15) is 6.61 Å². The molecule has 0 fully saturated rings. The Balaban J connectivity index is 1.47. The molecule has 0 radical (unpaired) electrons. The van der Waals surface area contributed by atoms with Crippen molar-refractivity contribution in [2.45, 2.75) is 19.6 Å². The number of anilines is 1. The van der Waals surface area contributed by atoms with Crippen molar-refractivity contribution in [2.24, 2.45) is 5.92 Å². The van der Waals surface area contributed by atoms with Crippen LogP contribution in [-0.2, 0) is 20.9 Å². The first-order valence-electron chi connectivity index (χ1n) is 14.6. The standard InChI is InChI=1S/C38H34N2O5/c1-26(36(41)39-33-22-21-28-13-9-10-16-32(28)24-33)23-34(29-14-7-4-8-15-29)35(30-17-19-31(20-18-30)37(42)44-2)40-38(43)45-25-27-11-5-3-6-12-27/h3-24,26,35H,25H2,1-2H3,(H,39,41)(H,40,43)/b34-23-/t26-,35+/m1/s1.